The maximum Gasteiger partial charge on any atom is 0.335 e. The number of nitrogens with one attached hydrogen (secondary N) is 1. The number of carboxylic acids is 2. The van der Waals surface area contributed by atoms with Crippen molar-refractivity contribution < 1.29 is 19.8 Å². The first kappa shape index (κ1) is 15.6. The molecule has 1 aromatic heterocycles. The van der Waals surface area contributed by atoms with Crippen LogP contribution in [0.15, 0.2) is 40.7 Å². The van der Waals surface area contributed by atoms with Crippen LogP contribution in [0.3, 0.4) is 0 Å². The zero-order chi connectivity index (χ0) is 17.4. The number of fused-ring (bicyclic) bond motifs is 1. The highest BCUT2D eigenvalue weighted by molar-refractivity contribution is 7.00. The van der Waals surface area contributed by atoms with Crippen LogP contribution in [-0.2, 0) is 9.59 Å². The number of carboxylic acid groups (broad SMARTS) is 2. The Hall–Kier alpha value is -3.25. The van der Waals surface area contributed by atoms with Gasteiger partial charge in [0, 0.05) is 5.70 Å². The number of carbonyl (C=O) groups is 2. The van der Waals surface area contributed by atoms with Crippen molar-refractivity contribution >= 4 is 34.7 Å². The van der Waals surface area contributed by atoms with E-state index in [0.717, 1.165) is 11.7 Å². The van der Waals surface area contributed by atoms with Gasteiger partial charge in [-0.05, 0) is 18.6 Å². The van der Waals surface area contributed by atoms with E-state index in [9.17, 15) is 25.1 Å². The van der Waals surface area contributed by atoms with E-state index in [-0.39, 0.29) is 22.5 Å². The third-order valence-electron chi connectivity index (χ3n) is 3.76. The maximum atomic E-state index is 11.8. The summed E-state index contributed by atoms with van der Waals surface area (Å²) in [5, 5.41) is 31.0. The van der Waals surface area contributed by atoms with Crippen molar-refractivity contribution in [3.63, 3.8) is 0 Å². The molecule has 1 aromatic carbocycles. The van der Waals surface area contributed by atoms with Crippen LogP contribution < -0.4 is 5.32 Å². The number of hydrogen-bond donors (Lipinski definition) is 3. The van der Waals surface area contributed by atoms with Crippen molar-refractivity contribution in [1.82, 2.24) is 14.1 Å². The maximum absolute atomic E-state index is 11.8. The van der Waals surface area contributed by atoms with Gasteiger partial charge in [0.2, 0.25) is 0 Å². The second-order valence-electron chi connectivity index (χ2n) is 5.09. The topological polar surface area (TPSA) is 136 Å². The fourth-order valence-corrected chi connectivity index (χ4v) is 3.36. The highest BCUT2D eigenvalue weighted by Crippen LogP contribution is 2.40. The molecule has 0 radical (unpaired) electrons. The highest BCUT2D eigenvalue weighted by atomic mass is 32.1. The van der Waals surface area contributed by atoms with Gasteiger partial charge < -0.3 is 15.5 Å². The molecule has 9 heteroatoms. The van der Waals surface area contributed by atoms with Crippen molar-refractivity contribution in [2.75, 3.05) is 0 Å². The number of dihydropyridines is 1. The van der Waals surface area contributed by atoms with Gasteiger partial charge in [0.15, 0.2) is 0 Å². The molecule has 2 aromatic rings. The van der Waals surface area contributed by atoms with Gasteiger partial charge in [0.25, 0.3) is 0 Å². The summed E-state index contributed by atoms with van der Waals surface area (Å²) in [5.74, 6) is -3.75. The quantitative estimate of drug-likeness (QED) is 0.765. The molecule has 3 N–H and O–H groups in total. The first-order valence-corrected chi connectivity index (χ1v) is 7.48. The third-order valence-corrected chi connectivity index (χ3v) is 4.31. The van der Waals surface area contributed by atoms with Crippen LogP contribution >= 0.6 is 11.7 Å². The van der Waals surface area contributed by atoms with E-state index in [1.165, 1.54) is 6.92 Å². The van der Waals surface area contributed by atoms with E-state index in [0.29, 0.717) is 16.6 Å². The van der Waals surface area contributed by atoms with Gasteiger partial charge in [-0.15, -0.1) is 0 Å². The largest absolute Gasteiger partial charge is 0.478 e. The lowest BCUT2D eigenvalue weighted by molar-refractivity contribution is -0.133. The van der Waals surface area contributed by atoms with Crippen LogP contribution in [0.25, 0.3) is 11.0 Å². The minimum atomic E-state index is -1.37. The molecule has 2 heterocycles. The molecule has 0 fully saturated rings. The van der Waals surface area contributed by atoms with E-state index < -0.39 is 17.9 Å². The lowest BCUT2D eigenvalue weighted by Crippen LogP contribution is -2.31. The number of allylic oxidation sites excluding steroid dienone is 2. The minimum Gasteiger partial charge on any atom is -0.478 e. The van der Waals surface area contributed by atoms with Crippen molar-refractivity contribution in [3.8, 4) is 6.07 Å². The van der Waals surface area contributed by atoms with E-state index in [1.54, 1.807) is 24.3 Å². The molecule has 0 bridgehead atoms. The zero-order valence-electron chi connectivity index (χ0n) is 12.3. The fourth-order valence-electron chi connectivity index (χ4n) is 2.80. The van der Waals surface area contributed by atoms with Gasteiger partial charge in [-0.1, -0.05) is 12.1 Å². The molecule has 0 amide bonds. The Bertz CT molecular complexity index is 983. The van der Waals surface area contributed by atoms with Gasteiger partial charge >= 0.3 is 11.9 Å². The molecule has 0 aliphatic carbocycles. The number of aromatic nitrogens is 2. The summed E-state index contributed by atoms with van der Waals surface area (Å²) < 4.78 is 8.25. The number of rotatable bonds is 3. The number of aliphatic carboxylic acids is 2. The normalized spacial score (nSPS) is 17.6. The molecular formula is C15H10N4O4S. The number of hydrogen-bond acceptors (Lipinski definition) is 7. The van der Waals surface area contributed by atoms with E-state index in [1.807, 2.05) is 0 Å². The summed E-state index contributed by atoms with van der Waals surface area (Å²) in [6, 6.07) is 6.76. The molecule has 0 saturated carbocycles. The molecule has 0 saturated heterocycles. The smallest absolute Gasteiger partial charge is 0.335 e. The Labute approximate surface area is 139 Å². The summed E-state index contributed by atoms with van der Waals surface area (Å²) in [7, 11) is 0. The first-order valence-electron chi connectivity index (χ1n) is 6.75. The molecule has 8 nitrogen and oxygen atoms in total. The Kier molecular flexibility index (Phi) is 3.75. The SMILES string of the molecule is CC1=C(C(=O)O)C(c2cccc3nsnc23)C(C(=O)O)=C(C#N)N1. The Morgan fingerprint density at radius 1 is 1.25 bits per heavy atom. The van der Waals surface area contributed by atoms with Crippen molar-refractivity contribution in [3.05, 3.63) is 46.3 Å². The van der Waals surface area contributed by atoms with E-state index in [2.05, 4.69) is 14.1 Å². The average molecular weight is 342 g/mol. The standard InChI is InChI=1S/C15H10N4O4S/c1-6-10(14(20)21)11(12(15(22)23)9(5-16)17-6)7-3-2-4-8-13(7)19-24-18-8/h2-4,11,17H,1H3,(H,20,21)(H,22,23). The number of nitriles is 1. The van der Waals surface area contributed by atoms with Crippen LogP contribution in [0.4, 0.5) is 0 Å². The van der Waals surface area contributed by atoms with Gasteiger partial charge in [-0.2, -0.15) is 14.0 Å². The molecule has 120 valence electrons. The molecule has 0 spiro atoms. The molecule has 24 heavy (non-hydrogen) atoms. The summed E-state index contributed by atoms with van der Waals surface area (Å²) in [4.78, 5) is 23.5. The van der Waals surface area contributed by atoms with Crippen LogP contribution in [0.1, 0.15) is 18.4 Å². The second-order valence-corrected chi connectivity index (χ2v) is 5.62. The van der Waals surface area contributed by atoms with Gasteiger partial charge in [0.1, 0.15) is 22.8 Å². The predicted octanol–water partition coefficient (Wildman–Crippen LogP) is 1.60. The Balaban J connectivity index is 2.37. The van der Waals surface area contributed by atoms with Crippen molar-refractivity contribution in [1.29, 1.82) is 5.26 Å². The summed E-state index contributed by atoms with van der Waals surface area (Å²) in [6.45, 7) is 1.49. The van der Waals surface area contributed by atoms with Crippen LogP contribution in [0.2, 0.25) is 0 Å². The lowest BCUT2D eigenvalue weighted by Gasteiger charge is -2.27. The van der Waals surface area contributed by atoms with Gasteiger partial charge in [0.05, 0.1) is 28.8 Å². The van der Waals surface area contributed by atoms with Gasteiger partial charge in [-0.25, -0.2) is 9.59 Å². The van der Waals surface area contributed by atoms with E-state index in [4.69, 9.17) is 0 Å². The predicted molar refractivity (Wildman–Crippen MR) is 83.9 cm³/mol. The van der Waals surface area contributed by atoms with Crippen LogP contribution in [0, 0.1) is 11.3 Å². The van der Waals surface area contributed by atoms with Crippen molar-refractivity contribution in [2.45, 2.75) is 12.8 Å². The van der Waals surface area contributed by atoms with Crippen molar-refractivity contribution in [2.24, 2.45) is 0 Å². The Morgan fingerprint density at radius 3 is 2.58 bits per heavy atom. The molecule has 3 rings (SSSR count). The second kappa shape index (κ2) is 5.75. The molecule has 1 unspecified atom stereocenters. The highest BCUT2D eigenvalue weighted by Gasteiger charge is 2.39. The number of nitrogens with zero attached hydrogens (tertiary/aromatic N) is 3. The summed E-state index contributed by atoms with van der Waals surface area (Å²) >= 11 is 0.950. The molecule has 1 aliphatic heterocycles. The van der Waals surface area contributed by atoms with Gasteiger partial charge in [-0.3, -0.25) is 0 Å². The first-order chi connectivity index (χ1) is 11.5. The lowest BCUT2D eigenvalue weighted by atomic mass is 9.80. The monoisotopic (exact) mass is 342 g/mol. The average Bonchev–Trinajstić information content (AvgIpc) is 3.01. The summed E-state index contributed by atoms with van der Waals surface area (Å²) in [5.41, 5.74) is 0.945. The minimum absolute atomic E-state index is 0.132. The zero-order valence-corrected chi connectivity index (χ0v) is 13.1. The number of benzene rings is 1. The molecular weight excluding hydrogens is 332 g/mol. The third kappa shape index (κ3) is 2.29. The fraction of sp³-hybridized carbons (Fsp3) is 0.133. The molecule has 1 atom stereocenters. The Morgan fingerprint density at radius 2 is 1.96 bits per heavy atom. The van der Waals surface area contributed by atoms with Crippen LogP contribution in [-0.4, -0.2) is 30.9 Å². The van der Waals surface area contributed by atoms with Crippen LogP contribution in [0.5, 0.6) is 0 Å². The van der Waals surface area contributed by atoms with E-state index >= 15 is 0 Å². The molecule has 1 aliphatic rings. The summed E-state index contributed by atoms with van der Waals surface area (Å²) in [6.07, 6.45) is 0.